The van der Waals surface area contributed by atoms with Crippen molar-refractivity contribution in [3.8, 4) is 0 Å². The number of esters is 1. The first-order valence-electron chi connectivity index (χ1n) is 9.06. The number of rotatable bonds is 6. The van der Waals surface area contributed by atoms with Crippen molar-refractivity contribution in [2.24, 2.45) is 0 Å². The minimum atomic E-state index is -0.437. The van der Waals surface area contributed by atoms with Gasteiger partial charge in [0.1, 0.15) is 5.82 Å². The number of amides is 1. The van der Waals surface area contributed by atoms with Crippen molar-refractivity contribution >= 4 is 22.8 Å². The summed E-state index contributed by atoms with van der Waals surface area (Å²) in [6.45, 7) is 3.17. The summed E-state index contributed by atoms with van der Waals surface area (Å²) in [6.07, 6.45) is 1.08. The van der Waals surface area contributed by atoms with Crippen molar-refractivity contribution < 1.29 is 19.1 Å². The van der Waals surface area contributed by atoms with Crippen LogP contribution in [0.15, 0.2) is 29.1 Å². The van der Waals surface area contributed by atoms with Crippen molar-refractivity contribution in [1.82, 2.24) is 14.9 Å². The Morgan fingerprint density at radius 1 is 1.37 bits per heavy atom. The van der Waals surface area contributed by atoms with E-state index in [2.05, 4.69) is 9.97 Å². The average molecular weight is 373 g/mol. The number of hydrogen-bond acceptors (Lipinski definition) is 6. The molecule has 1 aliphatic rings. The molecule has 0 bridgehead atoms. The summed E-state index contributed by atoms with van der Waals surface area (Å²) in [5.41, 5.74) is 0.438. The molecule has 2 aromatic rings. The number of morpholine rings is 1. The second-order valence-electron chi connectivity index (χ2n) is 6.57. The lowest BCUT2D eigenvalue weighted by molar-refractivity contribution is -0.154. The highest BCUT2D eigenvalue weighted by atomic mass is 16.5. The van der Waals surface area contributed by atoms with Crippen LogP contribution >= 0.6 is 0 Å². The van der Waals surface area contributed by atoms with Crippen molar-refractivity contribution in [3.05, 3.63) is 40.4 Å². The Kier molecular flexibility index (Phi) is 6.18. The van der Waals surface area contributed by atoms with Gasteiger partial charge in [-0.3, -0.25) is 14.4 Å². The van der Waals surface area contributed by atoms with Crippen LogP contribution in [0.25, 0.3) is 10.9 Å². The third-order valence-corrected chi connectivity index (χ3v) is 4.41. The van der Waals surface area contributed by atoms with Gasteiger partial charge < -0.3 is 19.4 Å². The Morgan fingerprint density at radius 2 is 2.19 bits per heavy atom. The maximum Gasteiger partial charge on any atom is 0.306 e. The van der Waals surface area contributed by atoms with E-state index in [0.717, 1.165) is 0 Å². The zero-order valence-corrected chi connectivity index (χ0v) is 15.3. The van der Waals surface area contributed by atoms with Gasteiger partial charge in [0.25, 0.3) is 11.5 Å². The fourth-order valence-electron chi connectivity index (χ4n) is 3.00. The number of carbonyl (C=O) groups is 2. The molecule has 3 rings (SSSR count). The van der Waals surface area contributed by atoms with Crippen LogP contribution in [0.3, 0.4) is 0 Å². The number of aryl methyl sites for hydroxylation is 1. The van der Waals surface area contributed by atoms with Gasteiger partial charge in [-0.2, -0.15) is 0 Å². The van der Waals surface area contributed by atoms with E-state index in [0.29, 0.717) is 49.3 Å². The van der Waals surface area contributed by atoms with E-state index in [4.69, 9.17) is 9.47 Å². The molecule has 1 aromatic heterocycles. The quantitative estimate of drug-likeness (QED) is 0.759. The van der Waals surface area contributed by atoms with Crippen LogP contribution in [-0.2, 0) is 25.5 Å². The smallest absolute Gasteiger partial charge is 0.306 e. The highest BCUT2D eigenvalue weighted by molar-refractivity contribution is 5.80. The molecule has 8 nitrogen and oxygen atoms in total. The maximum atomic E-state index is 12.0. The molecule has 1 unspecified atom stereocenters. The van der Waals surface area contributed by atoms with E-state index in [1.807, 2.05) is 13.0 Å². The van der Waals surface area contributed by atoms with Gasteiger partial charge in [-0.1, -0.05) is 12.1 Å². The van der Waals surface area contributed by atoms with Crippen LogP contribution in [0.4, 0.5) is 0 Å². The second-order valence-corrected chi connectivity index (χ2v) is 6.57. The Balaban J connectivity index is 1.43. The Bertz CT molecular complexity index is 879. The first-order valence-corrected chi connectivity index (χ1v) is 9.06. The van der Waals surface area contributed by atoms with Crippen LogP contribution < -0.4 is 5.56 Å². The van der Waals surface area contributed by atoms with Crippen LogP contribution in [-0.4, -0.2) is 59.2 Å². The number of benzene rings is 1. The summed E-state index contributed by atoms with van der Waals surface area (Å²) < 4.78 is 10.4. The molecule has 0 aliphatic carbocycles. The molecule has 1 N–H and O–H groups in total. The zero-order chi connectivity index (χ0) is 19.2. The lowest BCUT2D eigenvalue weighted by Crippen LogP contribution is -2.46. The lowest BCUT2D eigenvalue weighted by atomic mass is 10.2. The van der Waals surface area contributed by atoms with Crippen molar-refractivity contribution in [3.63, 3.8) is 0 Å². The van der Waals surface area contributed by atoms with Crippen LogP contribution in [0.2, 0.25) is 0 Å². The Hall–Kier alpha value is -2.74. The minimum Gasteiger partial charge on any atom is -0.456 e. The molecular weight excluding hydrogens is 350 g/mol. The molecule has 1 saturated heterocycles. The van der Waals surface area contributed by atoms with Crippen molar-refractivity contribution in [1.29, 1.82) is 0 Å². The molecule has 1 atom stereocenters. The Labute approximate surface area is 156 Å². The zero-order valence-electron chi connectivity index (χ0n) is 15.3. The fraction of sp³-hybridized carbons (Fsp3) is 0.474. The number of aromatic amines is 1. The first kappa shape index (κ1) is 19.0. The molecule has 2 heterocycles. The normalized spacial score (nSPS) is 17.1. The van der Waals surface area contributed by atoms with E-state index in [9.17, 15) is 14.4 Å². The lowest BCUT2D eigenvalue weighted by Gasteiger charge is -2.30. The molecule has 144 valence electrons. The number of H-pyrrole nitrogens is 1. The number of hydrogen-bond donors (Lipinski definition) is 1. The van der Waals surface area contributed by atoms with Gasteiger partial charge in [-0.25, -0.2) is 4.98 Å². The summed E-state index contributed by atoms with van der Waals surface area (Å²) >= 11 is 0. The monoisotopic (exact) mass is 373 g/mol. The van der Waals surface area contributed by atoms with Crippen LogP contribution in [0, 0.1) is 0 Å². The third kappa shape index (κ3) is 5.13. The average Bonchev–Trinajstić information content (AvgIpc) is 2.66. The molecular formula is C19H23N3O5. The van der Waals surface area contributed by atoms with Crippen LogP contribution in [0.1, 0.15) is 25.6 Å². The number of carbonyl (C=O) groups excluding carboxylic acids is 2. The van der Waals surface area contributed by atoms with E-state index in [-0.39, 0.29) is 30.6 Å². The first-order chi connectivity index (χ1) is 13.0. The summed E-state index contributed by atoms with van der Waals surface area (Å²) in [5.74, 6) is -0.114. The van der Waals surface area contributed by atoms with Crippen molar-refractivity contribution in [2.75, 3.05) is 26.3 Å². The van der Waals surface area contributed by atoms with Crippen molar-refractivity contribution in [2.45, 2.75) is 32.3 Å². The van der Waals surface area contributed by atoms with Gasteiger partial charge in [0.05, 0.1) is 23.6 Å². The summed E-state index contributed by atoms with van der Waals surface area (Å²) in [7, 11) is 0. The molecule has 0 spiro atoms. The summed E-state index contributed by atoms with van der Waals surface area (Å²) in [5, 5.41) is 0.539. The molecule has 1 fully saturated rings. The SMILES string of the molecule is CC1CN(C(=O)COC(=O)CCCc2nc3ccccc3c(=O)[nH]2)CCO1. The minimum absolute atomic E-state index is 0.00462. The second kappa shape index (κ2) is 8.77. The standard InChI is InChI=1S/C19H23N3O5/c1-13-11-22(9-10-26-13)17(23)12-27-18(24)8-4-7-16-20-15-6-3-2-5-14(15)19(25)21-16/h2-3,5-6,13H,4,7-12H2,1H3,(H,20,21,25). The number of para-hydroxylation sites is 1. The topological polar surface area (TPSA) is 102 Å². The van der Waals surface area contributed by atoms with Gasteiger partial charge in [-0.15, -0.1) is 0 Å². The summed E-state index contributed by atoms with van der Waals surface area (Å²) in [4.78, 5) is 44.7. The van der Waals surface area contributed by atoms with Gasteiger partial charge in [-0.05, 0) is 25.5 Å². The molecule has 1 amide bonds. The summed E-state index contributed by atoms with van der Waals surface area (Å²) in [6, 6.07) is 7.10. The molecule has 1 aromatic carbocycles. The Morgan fingerprint density at radius 3 is 3.00 bits per heavy atom. The highest BCUT2D eigenvalue weighted by Gasteiger charge is 2.22. The van der Waals surface area contributed by atoms with Gasteiger partial charge in [0.2, 0.25) is 0 Å². The predicted octanol–water partition coefficient (Wildman–Crippen LogP) is 1.04. The maximum absolute atomic E-state index is 12.0. The van der Waals surface area contributed by atoms with E-state index in [1.54, 1.807) is 23.1 Å². The van der Waals surface area contributed by atoms with E-state index >= 15 is 0 Å². The molecule has 0 saturated carbocycles. The molecule has 1 aliphatic heterocycles. The fourth-order valence-corrected chi connectivity index (χ4v) is 3.00. The van der Waals surface area contributed by atoms with Gasteiger partial charge >= 0.3 is 5.97 Å². The number of aromatic nitrogens is 2. The van der Waals surface area contributed by atoms with Gasteiger partial charge in [0, 0.05) is 25.9 Å². The largest absolute Gasteiger partial charge is 0.456 e. The number of nitrogens with zero attached hydrogens (tertiary/aromatic N) is 2. The molecule has 8 heteroatoms. The third-order valence-electron chi connectivity index (χ3n) is 4.41. The molecule has 27 heavy (non-hydrogen) atoms. The molecule has 0 radical (unpaired) electrons. The number of nitrogens with one attached hydrogen (secondary N) is 1. The highest BCUT2D eigenvalue weighted by Crippen LogP contribution is 2.08. The van der Waals surface area contributed by atoms with Crippen LogP contribution in [0.5, 0.6) is 0 Å². The van der Waals surface area contributed by atoms with Gasteiger partial charge in [0.15, 0.2) is 6.61 Å². The van der Waals surface area contributed by atoms with E-state index in [1.165, 1.54) is 0 Å². The predicted molar refractivity (Wildman–Crippen MR) is 98.3 cm³/mol. The number of fused-ring (bicyclic) bond motifs is 1. The van der Waals surface area contributed by atoms with E-state index < -0.39 is 5.97 Å². The number of ether oxygens (including phenoxy) is 2.